The number of hydrogen-bond donors (Lipinski definition) is 0. The highest BCUT2D eigenvalue weighted by molar-refractivity contribution is 5.81. The molecule has 1 aromatic heterocycles. The SMILES string of the molecule is COc1ccc(-c2cc([N+](=O)[O-])ccc2OCc2cc(=O)oc3cc(C)ccc23)cc1. The van der Waals surface area contributed by atoms with Gasteiger partial charge in [0.1, 0.15) is 23.7 Å². The maximum atomic E-state index is 12.0. The first-order valence-corrected chi connectivity index (χ1v) is 9.53. The molecule has 4 rings (SSSR count). The van der Waals surface area contributed by atoms with Crippen LogP contribution in [-0.4, -0.2) is 12.0 Å². The summed E-state index contributed by atoms with van der Waals surface area (Å²) in [7, 11) is 1.57. The molecule has 0 bridgehead atoms. The van der Waals surface area contributed by atoms with Crippen molar-refractivity contribution in [3.8, 4) is 22.6 Å². The molecule has 0 aliphatic heterocycles. The van der Waals surface area contributed by atoms with Crippen LogP contribution in [0, 0.1) is 17.0 Å². The summed E-state index contributed by atoms with van der Waals surface area (Å²) in [5.41, 5.74) is 2.95. The highest BCUT2D eigenvalue weighted by Crippen LogP contribution is 2.35. The van der Waals surface area contributed by atoms with E-state index in [0.717, 1.165) is 16.5 Å². The number of nitro benzene ring substituents is 1. The quantitative estimate of drug-likeness (QED) is 0.241. The molecule has 0 saturated carbocycles. The van der Waals surface area contributed by atoms with Crippen molar-refractivity contribution in [3.05, 3.63) is 98.4 Å². The number of rotatable bonds is 6. The lowest BCUT2D eigenvalue weighted by atomic mass is 10.0. The van der Waals surface area contributed by atoms with Crippen molar-refractivity contribution in [2.45, 2.75) is 13.5 Å². The molecule has 0 N–H and O–H groups in total. The summed E-state index contributed by atoms with van der Waals surface area (Å²) >= 11 is 0. The van der Waals surface area contributed by atoms with Crippen LogP contribution in [-0.2, 0) is 6.61 Å². The fourth-order valence-corrected chi connectivity index (χ4v) is 3.37. The molecule has 4 aromatic rings. The zero-order chi connectivity index (χ0) is 22.0. The summed E-state index contributed by atoms with van der Waals surface area (Å²) in [5.74, 6) is 1.14. The topological polar surface area (TPSA) is 91.8 Å². The summed E-state index contributed by atoms with van der Waals surface area (Å²) in [6.45, 7) is 2.02. The molecule has 156 valence electrons. The third-order valence-corrected chi connectivity index (χ3v) is 4.94. The monoisotopic (exact) mass is 417 g/mol. The van der Waals surface area contributed by atoms with E-state index >= 15 is 0 Å². The van der Waals surface area contributed by atoms with Crippen LogP contribution in [0.3, 0.4) is 0 Å². The molecule has 0 saturated heterocycles. The molecule has 7 heteroatoms. The van der Waals surface area contributed by atoms with E-state index in [2.05, 4.69) is 0 Å². The van der Waals surface area contributed by atoms with Gasteiger partial charge in [0.05, 0.1) is 12.0 Å². The van der Waals surface area contributed by atoms with E-state index < -0.39 is 10.5 Å². The fraction of sp³-hybridized carbons (Fsp3) is 0.125. The van der Waals surface area contributed by atoms with E-state index in [-0.39, 0.29) is 12.3 Å². The minimum atomic E-state index is -0.462. The van der Waals surface area contributed by atoms with Crippen molar-refractivity contribution in [1.82, 2.24) is 0 Å². The maximum absolute atomic E-state index is 12.0. The predicted molar refractivity (Wildman–Crippen MR) is 117 cm³/mol. The number of benzene rings is 3. The molecule has 0 radical (unpaired) electrons. The van der Waals surface area contributed by atoms with Crippen LogP contribution in [0.1, 0.15) is 11.1 Å². The standard InChI is InChI=1S/C24H19NO6/c1-15-3-9-20-17(12-24(26)31-23(20)11-15)14-30-22-10-6-18(25(27)28)13-21(22)16-4-7-19(29-2)8-5-16/h3-13H,14H2,1-2H3. The number of methoxy groups -OCH3 is 1. The van der Waals surface area contributed by atoms with Crippen molar-refractivity contribution in [2.75, 3.05) is 7.11 Å². The molecule has 0 unspecified atom stereocenters. The minimum Gasteiger partial charge on any atom is -0.497 e. The first-order chi connectivity index (χ1) is 14.9. The van der Waals surface area contributed by atoms with Crippen molar-refractivity contribution >= 4 is 16.7 Å². The Balaban J connectivity index is 1.72. The van der Waals surface area contributed by atoms with Crippen LogP contribution in [0.5, 0.6) is 11.5 Å². The Kier molecular flexibility index (Phi) is 5.41. The zero-order valence-corrected chi connectivity index (χ0v) is 17.0. The molecule has 0 aliphatic carbocycles. The second kappa shape index (κ2) is 8.31. The number of nitro groups is 1. The Morgan fingerprint density at radius 3 is 2.48 bits per heavy atom. The molecule has 7 nitrogen and oxygen atoms in total. The largest absolute Gasteiger partial charge is 0.497 e. The Labute approximate surface area is 177 Å². The Morgan fingerprint density at radius 1 is 1.00 bits per heavy atom. The third kappa shape index (κ3) is 4.25. The predicted octanol–water partition coefficient (Wildman–Crippen LogP) is 5.26. The van der Waals surface area contributed by atoms with Gasteiger partial charge in [0.25, 0.3) is 5.69 Å². The molecule has 0 amide bonds. The lowest BCUT2D eigenvalue weighted by molar-refractivity contribution is -0.384. The van der Waals surface area contributed by atoms with Crippen LogP contribution < -0.4 is 15.1 Å². The first-order valence-electron chi connectivity index (χ1n) is 9.53. The van der Waals surface area contributed by atoms with E-state index in [1.54, 1.807) is 43.5 Å². The Morgan fingerprint density at radius 2 is 1.77 bits per heavy atom. The van der Waals surface area contributed by atoms with Crippen LogP contribution in [0.25, 0.3) is 22.1 Å². The van der Waals surface area contributed by atoms with Crippen molar-refractivity contribution < 1.29 is 18.8 Å². The van der Waals surface area contributed by atoms with Gasteiger partial charge < -0.3 is 13.9 Å². The van der Waals surface area contributed by atoms with Gasteiger partial charge in [-0.15, -0.1) is 0 Å². The summed E-state index contributed by atoms with van der Waals surface area (Å²) in [6, 6.07) is 18.6. The van der Waals surface area contributed by atoms with E-state index in [4.69, 9.17) is 13.9 Å². The molecule has 31 heavy (non-hydrogen) atoms. The van der Waals surface area contributed by atoms with Gasteiger partial charge in [0.2, 0.25) is 0 Å². The molecular formula is C24H19NO6. The smallest absolute Gasteiger partial charge is 0.336 e. The Bertz CT molecular complexity index is 1320. The van der Waals surface area contributed by atoms with Crippen LogP contribution in [0.15, 0.2) is 75.9 Å². The van der Waals surface area contributed by atoms with E-state index in [1.807, 2.05) is 19.1 Å². The van der Waals surface area contributed by atoms with Gasteiger partial charge in [-0.25, -0.2) is 4.79 Å². The molecule has 0 aliphatic rings. The van der Waals surface area contributed by atoms with Crippen molar-refractivity contribution in [1.29, 1.82) is 0 Å². The van der Waals surface area contributed by atoms with Gasteiger partial charge in [-0.3, -0.25) is 10.1 Å². The molecule has 0 atom stereocenters. The number of fused-ring (bicyclic) bond motifs is 1. The average molecular weight is 417 g/mol. The van der Waals surface area contributed by atoms with Gasteiger partial charge in [-0.05, 0) is 42.3 Å². The average Bonchev–Trinajstić information content (AvgIpc) is 2.77. The summed E-state index contributed by atoms with van der Waals surface area (Å²) in [5, 5.41) is 12.1. The number of ether oxygens (including phenoxy) is 2. The molecular weight excluding hydrogens is 398 g/mol. The van der Waals surface area contributed by atoms with E-state index in [9.17, 15) is 14.9 Å². The molecule has 3 aromatic carbocycles. The van der Waals surface area contributed by atoms with Crippen LogP contribution >= 0.6 is 0 Å². The lowest BCUT2D eigenvalue weighted by Gasteiger charge is -2.13. The second-order valence-electron chi connectivity index (χ2n) is 7.05. The lowest BCUT2D eigenvalue weighted by Crippen LogP contribution is -2.05. The summed E-state index contributed by atoms with van der Waals surface area (Å²) in [4.78, 5) is 22.8. The number of non-ortho nitro benzene ring substituents is 1. The highest BCUT2D eigenvalue weighted by atomic mass is 16.6. The normalized spacial score (nSPS) is 10.8. The fourth-order valence-electron chi connectivity index (χ4n) is 3.37. The highest BCUT2D eigenvalue weighted by Gasteiger charge is 2.15. The summed E-state index contributed by atoms with van der Waals surface area (Å²) < 4.78 is 16.5. The van der Waals surface area contributed by atoms with Crippen LogP contribution in [0.4, 0.5) is 5.69 Å². The van der Waals surface area contributed by atoms with Gasteiger partial charge in [0.15, 0.2) is 0 Å². The Hall–Kier alpha value is -4.13. The van der Waals surface area contributed by atoms with Gasteiger partial charge >= 0.3 is 5.63 Å². The van der Waals surface area contributed by atoms with E-state index in [1.165, 1.54) is 18.2 Å². The van der Waals surface area contributed by atoms with Crippen molar-refractivity contribution in [2.24, 2.45) is 0 Å². The molecule has 0 fully saturated rings. The number of aryl methyl sites for hydroxylation is 1. The third-order valence-electron chi connectivity index (χ3n) is 4.94. The van der Waals surface area contributed by atoms with E-state index in [0.29, 0.717) is 28.2 Å². The zero-order valence-electron chi connectivity index (χ0n) is 17.0. The van der Waals surface area contributed by atoms with Gasteiger partial charge in [-0.2, -0.15) is 0 Å². The number of hydrogen-bond acceptors (Lipinski definition) is 6. The first kappa shape index (κ1) is 20.2. The summed E-state index contributed by atoms with van der Waals surface area (Å²) in [6.07, 6.45) is 0. The molecule has 0 spiro atoms. The minimum absolute atomic E-state index is 0.0422. The molecule has 1 heterocycles. The number of nitrogens with zero attached hydrogens (tertiary/aromatic N) is 1. The van der Waals surface area contributed by atoms with Gasteiger partial charge in [-0.1, -0.05) is 24.3 Å². The van der Waals surface area contributed by atoms with Gasteiger partial charge in [0, 0.05) is 34.7 Å². The second-order valence-corrected chi connectivity index (χ2v) is 7.05. The van der Waals surface area contributed by atoms with Crippen LogP contribution in [0.2, 0.25) is 0 Å². The van der Waals surface area contributed by atoms with Crippen molar-refractivity contribution in [3.63, 3.8) is 0 Å². The maximum Gasteiger partial charge on any atom is 0.336 e.